The summed E-state index contributed by atoms with van der Waals surface area (Å²) in [5, 5.41) is 0. The molecule has 0 saturated carbocycles. The van der Waals surface area contributed by atoms with Crippen molar-refractivity contribution in [3.8, 4) is 0 Å². The minimum absolute atomic E-state index is 0.137. The highest BCUT2D eigenvalue weighted by Gasteiger charge is 2.17. The van der Waals surface area contributed by atoms with Crippen LogP contribution in [0.1, 0.15) is 37.3 Å². The van der Waals surface area contributed by atoms with Crippen LogP contribution in [0.5, 0.6) is 0 Å². The van der Waals surface area contributed by atoms with Gasteiger partial charge in [-0.2, -0.15) is 0 Å². The predicted octanol–water partition coefficient (Wildman–Crippen LogP) is 4.14. The van der Waals surface area contributed by atoms with Crippen molar-refractivity contribution in [3.63, 3.8) is 0 Å². The van der Waals surface area contributed by atoms with Gasteiger partial charge in [-0.15, -0.1) is 0 Å². The number of hydrogen-bond donors (Lipinski definition) is 0. The Balaban J connectivity index is 1.83. The molecular weight excluding hydrogens is 300 g/mol. The lowest BCUT2D eigenvalue weighted by Gasteiger charge is -2.16. The number of ketones is 1. The van der Waals surface area contributed by atoms with Gasteiger partial charge >= 0.3 is 5.97 Å². The summed E-state index contributed by atoms with van der Waals surface area (Å²) in [7, 11) is 0. The molecule has 0 spiro atoms. The standard InChI is InChI=1S/C21H24O3/c1-17(22)24-21(15-13-19-10-6-3-7-11-19)16-20(23)14-12-18-8-4-2-5-9-18/h2-11,21H,12-16H2,1H3/t21-/m0/s1. The fraction of sp³-hybridized carbons (Fsp3) is 0.333. The van der Waals surface area contributed by atoms with Crippen molar-refractivity contribution in [1.29, 1.82) is 0 Å². The molecule has 2 rings (SSSR count). The Morgan fingerprint density at radius 2 is 1.42 bits per heavy atom. The smallest absolute Gasteiger partial charge is 0.302 e. The van der Waals surface area contributed by atoms with E-state index in [4.69, 9.17) is 4.74 Å². The van der Waals surface area contributed by atoms with Crippen molar-refractivity contribution < 1.29 is 14.3 Å². The van der Waals surface area contributed by atoms with Gasteiger partial charge in [0.25, 0.3) is 0 Å². The van der Waals surface area contributed by atoms with Gasteiger partial charge < -0.3 is 4.74 Å². The molecule has 0 aliphatic rings. The van der Waals surface area contributed by atoms with E-state index >= 15 is 0 Å². The third-order valence-corrected chi connectivity index (χ3v) is 3.92. The number of ether oxygens (including phenoxy) is 1. The van der Waals surface area contributed by atoms with Crippen LogP contribution in [0.2, 0.25) is 0 Å². The van der Waals surface area contributed by atoms with Gasteiger partial charge in [-0.1, -0.05) is 60.7 Å². The monoisotopic (exact) mass is 324 g/mol. The first-order chi connectivity index (χ1) is 11.6. The fourth-order valence-corrected chi connectivity index (χ4v) is 2.69. The van der Waals surface area contributed by atoms with Gasteiger partial charge in [0.05, 0.1) is 0 Å². The van der Waals surface area contributed by atoms with Crippen molar-refractivity contribution in [2.75, 3.05) is 0 Å². The molecule has 0 saturated heterocycles. The summed E-state index contributed by atoms with van der Waals surface area (Å²) in [6.45, 7) is 1.39. The summed E-state index contributed by atoms with van der Waals surface area (Å²) in [5.41, 5.74) is 2.34. The third kappa shape index (κ3) is 6.78. The van der Waals surface area contributed by atoms with Crippen molar-refractivity contribution >= 4 is 11.8 Å². The Hall–Kier alpha value is -2.42. The number of benzene rings is 2. The molecule has 2 aromatic rings. The molecule has 0 fully saturated rings. The van der Waals surface area contributed by atoms with E-state index in [1.165, 1.54) is 12.5 Å². The first kappa shape index (κ1) is 17.9. The van der Waals surface area contributed by atoms with Crippen LogP contribution in [0.4, 0.5) is 0 Å². The maximum absolute atomic E-state index is 12.2. The van der Waals surface area contributed by atoms with Gasteiger partial charge in [0.2, 0.25) is 0 Å². The predicted molar refractivity (Wildman–Crippen MR) is 94.7 cm³/mol. The van der Waals surface area contributed by atoms with Crippen LogP contribution in [0.15, 0.2) is 60.7 Å². The summed E-state index contributed by atoms with van der Waals surface area (Å²) >= 11 is 0. The number of esters is 1. The molecular formula is C21H24O3. The highest BCUT2D eigenvalue weighted by molar-refractivity contribution is 5.79. The van der Waals surface area contributed by atoms with Crippen LogP contribution in [-0.4, -0.2) is 17.9 Å². The Morgan fingerprint density at radius 3 is 1.96 bits per heavy atom. The molecule has 0 aromatic heterocycles. The summed E-state index contributed by atoms with van der Waals surface area (Å²) in [6, 6.07) is 20.0. The van der Waals surface area contributed by atoms with Crippen LogP contribution in [0.3, 0.4) is 0 Å². The van der Waals surface area contributed by atoms with Crippen molar-refractivity contribution in [2.24, 2.45) is 0 Å². The number of aryl methyl sites for hydroxylation is 2. The highest BCUT2D eigenvalue weighted by Crippen LogP contribution is 2.13. The number of carbonyl (C=O) groups excluding carboxylic acids is 2. The second-order valence-corrected chi connectivity index (χ2v) is 5.98. The fourth-order valence-electron chi connectivity index (χ4n) is 2.69. The summed E-state index contributed by atoms with van der Waals surface area (Å²) in [6.07, 6.45) is 2.62. The number of Topliss-reactive ketones (excluding diaryl/α,β-unsaturated/α-hetero) is 1. The molecule has 24 heavy (non-hydrogen) atoms. The van der Waals surface area contributed by atoms with Gasteiger partial charge in [-0.25, -0.2) is 0 Å². The molecule has 3 heteroatoms. The SMILES string of the molecule is CC(=O)O[C@@H](CCc1ccccc1)CC(=O)CCc1ccccc1. The van der Waals surface area contributed by atoms with Crippen LogP contribution in [-0.2, 0) is 27.2 Å². The second kappa shape index (κ2) is 9.66. The van der Waals surface area contributed by atoms with Gasteiger partial charge in [0.1, 0.15) is 11.9 Å². The van der Waals surface area contributed by atoms with E-state index in [0.29, 0.717) is 19.3 Å². The van der Waals surface area contributed by atoms with E-state index in [0.717, 1.165) is 18.4 Å². The molecule has 2 aromatic carbocycles. The van der Waals surface area contributed by atoms with Crippen LogP contribution in [0, 0.1) is 0 Å². The molecule has 126 valence electrons. The number of hydrogen-bond acceptors (Lipinski definition) is 3. The minimum Gasteiger partial charge on any atom is -0.462 e. The summed E-state index contributed by atoms with van der Waals surface area (Å²) < 4.78 is 5.34. The van der Waals surface area contributed by atoms with Gasteiger partial charge in [0, 0.05) is 19.8 Å². The molecule has 0 heterocycles. The van der Waals surface area contributed by atoms with Crippen molar-refractivity contribution in [2.45, 2.75) is 45.1 Å². The van der Waals surface area contributed by atoms with Gasteiger partial charge in [-0.3, -0.25) is 9.59 Å². The average Bonchev–Trinajstić information content (AvgIpc) is 2.59. The van der Waals surface area contributed by atoms with Crippen LogP contribution >= 0.6 is 0 Å². The largest absolute Gasteiger partial charge is 0.462 e. The van der Waals surface area contributed by atoms with E-state index < -0.39 is 0 Å². The minimum atomic E-state index is -0.342. The Labute approximate surface area is 143 Å². The Kier molecular flexibility index (Phi) is 7.21. The van der Waals surface area contributed by atoms with E-state index in [1.54, 1.807) is 0 Å². The van der Waals surface area contributed by atoms with Gasteiger partial charge in [0.15, 0.2) is 0 Å². The maximum atomic E-state index is 12.2. The summed E-state index contributed by atoms with van der Waals surface area (Å²) in [4.78, 5) is 23.5. The van der Waals surface area contributed by atoms with Crippen molar-refractivity contribution in [1.82, 2.24) is 0 Å². The zero-order valence-corrected chi connectivity index (χ0v) is 14.1. The zero-order chi connectivity index (χ0) is 17.2. The Bertz CT molecular complexity index is 635. The molecule has 1 atom stereocenters. The van der Waals surface area contributed by atoms with E-state index in [9.17, 15) is 9.59 Å². The molecule has 3 nitrogen and oxygen atoms in total. The van der Waals surface area contributed by atoms with Crippen LogP contribution in [0.25, 0.3) is 0 Å². The van der Waals surface area contributed by atoms with E-state index in [-0.39, 0.29) is 17.9 Å². The maximum Gasteiger partial charge on any atom is 0.302 e. The lowest BCUT2D eigenvalue weighted by Crippen LogP contribution is -2.21. The van der Waals surface area contributed by atoms with Gasteiger partial charge in [-0.05, 0) is 30.4 Å². The number of rotatable bonds is 9. The molecule has 0 bridgehead atoms. The van der Waals surface area contributed by atoms with E-state index in [1.807, 2.05) is 60.7 Å². The normalized spacial score (nSPS) is 11.7. The average molecular weight is 324 g/mol. The quantitative estimate of drug-likeness (QED) is 0.651. The molecule has 0 aliphatic carbocycles. The molecule has 0 amide bonds. The second-order valence-electron chi connectivity index (χ2n) is 5.98. The summed E-state index contributed by atoms with van der Waals surface area (Å²) in [5.74, 6) is -0.193. The lowest BCUT2D eigenvalue weighted by atomic mass is 10.00. The molecule has 0 aliphatic heterocycles. The molecule has 0 radical (unpaired) electrons. The third-order valence-electron chi connectivity index (χ3n) is 3.92. The first-order valence-corrected chi connectivity index (χ1v) is 8.40. The first-order valence-electron chi connectivity index (χ1n) is 8.40. The lowest BCUT2D eigenvalue weighted by molar-refractivity contribution is -0.147. The molecule has 0 unspecified atom stereocenters. The highest BCUT2D eigenvalue weighted by atomic mass is 16.5. The topological polar surface area (TPSA) is 43.4 Å². The zero-order valence-electron chi connectivity index (χ0n) is 14.1. The Morgan fingerprint density at radius 1 is 0.875 bits per heavy atom. The van der Waals surface area contributed by atoms with Crippen LogP contribution < -0.4 is 0 Å². The van der Waals surface area contributed by atoms with Crippen molar-refractivity contribution in [3.05, 3.63) is 71.8 Å². The molecule has 0 N–H and O–H groups in total. The number of carbonyl (C=O) groups is 2. The van der Waals surface area contributed by atoms with E-state index in [2.05, 4.69) is 0 Å².